The first-order valence-corrected chi connectivity index (χ1v) is 14.9. The van der Waals surface area contributed by atoms with Gasteiger partial charge in [0.05, 0.1) is 0 Å². The van der Waals surface area contributed by atoms with Crippen LogP contribution in [0.25, 0.3) is 0 Å². The van der Waals surface area contributed by atoms with Gasteiger partial charge in [0.15, 0.2) is 0 Å². The summed E-state index contributed by atoms with van der Waals surface area (Å²) in [4.78, 5) is 25.2. The number of carboxylic acid groups (broad SMARTS) is 1. The SMILES string of the molecule is CC1(C)[C@H]2CC[C@]1(C)[C@@H](NC(=O)[C@H](CC1CCCCC1)NS(=O)(=O)N[C@@H](CCCCN)C(=O)O)C2. The fraction of sp³-hybridized carbons (Fsp3) is 0.920. The zero-order valence-corrected chi connectivity index (χ0v) is 22.5. The smallest absolute Gasteiger partial charge is 0.321 e. The van der Waals surface area contributed by atoms with Crippen molar-refractivity contribution in [1.82, 2.24) is 14.8 Å². The van der Waals surface area contributed by atoms with Crippen molar-refractivity contribution >= 4 is 22.1 Å². The zero-order chi connectivity index (χ0) is 25.9. The molecule has 3 aliphatic rings. The van der Waals surface area contributed by atoms with Crippen molar-refractivity contribution in [2.75, 3.05) is 6.54 Å². The van der Waals surface area contributed by atoms with E-state index in [0.29, 0.717) is 31.7 Å². The summed E-state index contributed by atoms with van der Waals surface area (Å²) in [7, 11) is -4.21. The number of carbonyl (C=O) groups excluding carboxylic acids is 1. The van der Waals surface area contributed by atoms with Crippen molar-refractivity contribution in [3.8, 4) is 0 Å². The highest BCUT2D eigenvalue weighted by Crippen LogP contribution is 2.65. The maximum absolute atomic E-state index is 13.5. The molecule has 10 heteroatoms. The first kappa shape index (κ1) is 28.3. The van der Waals surface area contributed by atoms with Crippen LogP contribution in [-0.2, 0) is 19.8 Å². The molecule has 9 nitrogen and oxygen atoms in total. The largest absolute Gasteiger partial charge is 0.480 e. The maximum Gasteiger partial charge on any atom is 0.321 e. The number of carboxylic acids is 1. The first-order valence-electron chi connectivity index (χ1n) is 13.4. The van der Waals surface area contributed by atoms with E-state index < -0.39 is 28.3 Å². The van der Waals surface area contributed by atoms with Crippen LogP contribution in [0.3, 0.4) is 0 Å². The summed E-state index contributed by atoms with van der Waals surface area (Å²) in [5.74, 6) is -0.713. The quantitative estimate of drug-likeness (QED) is 0.238. The third-order valence-corrected chi connectivity index (χ3v) is 10.8. The molecule has 5 atom stereocenters. The predicted octanol–water partition coefficient (Wildman–Crippen LogP) is 2.66. The van der Waals surface area contributed by atoms with Crippen LogP contribution >= 0.6 is 0 Å². The van der Waals surface area contributed by atoms with Crippen molar-refractivity contribution in [3.63, 3.8) is 0 Å². The summed E-state index contributed by atoms with van der Waals surface area (Å²) in [5, 5.41) is 12.7. The molecule has 0 heterocycles. The van der Waals surface area contributed by atoms with E-state index in [0.717, 1.165) is 38.5 Å². The van der Waals surface area contributed by atoms with E-state index in [9.17, 15) is 23.1 Å². The Balaban J connectivity index is 1.71. The van der Waals surface area contributed by atoms with E-state index in [4.69, 9.17) is 5.73 Å². The lowest BCUT2D eigenvalue weighted by Crippen LogP contribution is -2.57. The molecule has 0 aromatic heterocycles. The number of aliphatic carboxylic acids is 1. The molecule has 2 bridgehead atoms. The van der Waals surface area contributed by atoms with Crippen molar-refractivity contribution in [2.45, 2.75) is 116 Å². The van der Waals surface area contributed by atoms with Gasteiger partial charge in [-0.3, -0.25) is 9.59 Å². The fourth-order valence-corrected chi connectivity index (χ4v) is 8.03. The molecular formula is C25H46N4O5S. The highest BCUT2D eigenvalue weighted by Gasteiger charge is 2.61. The fourth-order valence-electron chi connectivity index (χ4n) is 6.79. The number of nitrogens with one attached hydrogen (secondary N) is 3. The molecule has 3 fully saturated rings. The Hall–Kier alpha value is -1.23. The van der Waals surface area contributed by atoms with Gasteiger partial charge in [0.1, 0.15) is 12.1 Å². The molecule has 3 rings (SSSR count). The van der Waals surface area contributed by atoms with Gasteiger partial charge in [-0.05, 0) is 67.7 Å². The van der Waals surface area contributed by atoms with E-state index in [1.807, 2.05) is 0 Å². The van der Waals surface area contributed by atoms with Crippen LogP contribution in [0.5, 0.6) is 0 Å². The van der Waals surface area contributed by atoms with Crippen LogP contribution in [0.4, 0.5) is 0 Å². The van der Waals surface area contributed by atoms with Crippen molar-refractivity contribution < 1.29 is 23.1 Å². The van der Waals surface area contributed by atoms with Gasteiger partial charge in [0, 0.05) is 6.04 Å². The third-order valence-electron chi connectivity index (χ3n) is 9.56. The second kappa shape index (κ2) is 11.4. The molecular weight excluding hydrogens is 468 g/mol. The standard InChI is InChI=1S/C25H46N4O5S/c1-24(2)18-12-13-25(24,3)21(16-18)27-22(30)20(15-17-9-5-4-6-10-17)29-35(33,34)28-19(23(31)32)11-7-8-14-26/h17-21,28-29H,4-16,26H2,1-3H3,(H,27,30)(H,31,32)/t18-,19-,20-,21-,25+/m0/s1. The normalized spacial score (nSPS) is 30.2. The minimum absolute atomic E-state index is 0.0121. The highest BCUT2D eigenvalue weighted by molar-refractivity contribution is 7.87. The van der Waals surface area contributed by atoms with Gasteiger partial charge in [-0.1, -0.05) is 59.3 Å². The number of rotatable bonds is 13. The number of hydrogen-bond acceptors (Lipinski definition) is 5. The molecule has 0 aromatic carbocycles. The Morgan fingerprint density at radius 1 is 1.03 bits per heavy atom. The lowest BCUT2D eigenvalue weighted by atomic mass is 9.69. The van der Waals surface area contributed by atoms with E-state index in [-0.39, 0.29) is 35.1 Å². The van der Waals surface area contributed by atoms with Crippen molar-refractivity contribution in [1.29, 1.82) is 0 Å². The summed E-state index contributed by atoms with van der Waals surface area (Å²) < 4.78 is 30.7. The zero-order valence-electron chi connectivity index (χ0n) is 21.6. The minimum Gasteiger partial charge on any atom is -0.480 e. The van der Waals surface area contributed by atoms with Crippen LogP contribution < -0.4 is 20.5 Å². The molecule has 0 aliphatic heterocycles. The second-order valence-electron chi connectivity index (χ2n) is 11.9. The van der Waals surface area contributed by atoms with Gasteiger partial charge in [0.25, 0.3) is 10.2 Å². The summed E-state index contributed by atoms with van der Waals surface area (Å²) >= 11 is 0. The molecule has 0 aromatic rings. The Bertz CT molecular complexity index is 858. The van der Waals surface area contributed by atoms with Crippen LogP contribution in [0.1, 0.15) is 97.8 Å². The Morgan fingerprint density at radius 3 is 2.23 bits per heavy atom. The second-order valence-corrected chi connectivity index (χ2v) is 13.4. The molecule has 202 valence electrons. The van der Waals surface area contributed by atoms with E-state index in [2.05, 4.69) is 35.5 Å². The summed E-state index contributed by atoms with van der Waals surface area (Å²) in [6, 6.07) is -2.18. The lowest BCUT2D eigenvalue weighted by molar-refractivity contribution is -0.139. The van der Waals surface area contributed by atoms with Gasteiger partial charge in [-0.15, -0.1) is 0 Å². The Kier molecular flexibility index (Phi) is 9.26. The highest BCUT2D eigenvalue weighted by atomic mass is 32.2. The molecule has 3 saturated carbocycles. The maximum atomic E-state index is 13.5. The van der Waals surface area contributed by atoms with Crippen LogP contribution in [-0.4, -0.2) is 50.1 Å². The lowest BCUT2D eigenvalue weighted by Gasteiger charge is -2.40. The average molecular weight is 515 g/mol. The molecule has 0 unspecified atom stereocenters. The van der Waals surface area contributed by atoms with E-state index in [1.54, 1.807) is 0 Å². The number of unbranched alkanes of at least 4 members (excludes halogenated alkanes) is 1. The van der Waals surface area contributed by atoms with E-state index >= 15 is 0 Å². The number of fused-ring (bicyclic) bond motifs is 2. The molecule has 0 saturated heterocycles. The van der Waals surface area contributed by atoms with Gasteiger partial charge < -0.3 is 16.2 Å². The molecule has 35 heavy (non-hydrogen) atoms. The summed E-state index contributed by atoms with van der Waals surface area (Å²) in [5.41, 5.74) is 5.59. The third kappa shape index (κ3) is 6.56. The Morgan fingerprint density at radius 2 is 1.69 bits per heavy atom. The predicted molar refractivity (Wildman–Crippen MR) is 136 cm³/mol. The monoisotopic (exact) mass is 514 g/mol. The van der Waals surface area contributed by atoms with Crippen molar-refractivity contribution in [2.24, 2.45) is 28.4 Å². The molecule has 0 radical (unpaired) electrons. The average Bonchev–Trinajstić information content (AvgIpc) is 3.12. The molecule has 0 spiro atoms. The van der Waals surface area contributed by atoms with Gasteiger partial charge in [-0.25, -0.2) is 0 Å². The summed E-state index contributed by atoms with van der Waals surface area (Å²) in [6.45, 7) is 7.21. The summed E-state index contributed by atoms with van der Waals surface area (Å²) in [6.07, 6.45) is 10.1. The number of hydrogen-bond donors (Lipinski definition) is 5. The van der Waals surface area contributed by atoms with Gasteiger partial charge in [-0.2, -0.15) is 17.9 Å². The van der Waals surface area contributed by atoms with Gasteiger partial charge in [0.2, 0.25) is 5.91 Å². The van der Waals surface area contributed by atoms with Crippen LogP contribution in [0.2, 0.25) is 0 Å². The first-order chi connectivity index (χ1) is 16.4. The van der Waals surface area contributed by atoms with Gasteiger partial charge >= 0.3 is 5.97 Å². The molecule has 6 N–H and O–H groups in total. The minimum atomic E-state index is -4.21. The van der Waals surface area contributed by atoms with Crippen LogP contribution in [0, 0.1) is 22.7 Å². The van der Waals surface area contributed by atoms with Crippen molar-refractivity contribution in [3.05, 3.63) is 0 Å². The molecule has 1 amide bonds. The number of carbonyl (C=O) groups is 2. The number of amides is 1. The van der Waals surface area contributed by atoms with Crippen LogP contribution in [0.15, 0.2) is 0 Å². The Labute approximate surface area is 210 Å². The topological polar surface area (TPSA) is 151 Å². The number of nitrogens with two attached hydrogens (primary N) is 1. The molecule has 3 aliphatic carbocycles. The van der Waals surface area contributed by atoms with E-state index in [1.165, 1.54) is 12.8 Å².